The predicted molar refractivity (Wildman–Crippen MR) is 136 cm³/mol. The number of sulfonamides is 1. The highest BCUT2D eigenvalue weighted by atomic mass is 32.2. The summed E-state index contributed by atoms with van der Waals surface area (Å²) >= 11 is 0. The van der Waals surface area contributed by atoms with Gasteiger partial charge in [0.1, 0.15) is 0 Å². The Morgan fingerprint density at radius 3 is 2.12 bits per heavy atom. The molecule has 0 aromatic rings. The summed E-state index contributed by atoms with van der Waals surface area (Å²) in [6.07, 6.45) is 11.8. The van der Waals surface area contributed by atoms with E-state index in [1.165, 1.54) is 0 Å². The maximum atomic E-state index is 13.9. The minimum atomic E-state index is -3.44. The van der Waals surface area contributed by atoms with E-state index < -0.39 is 10.0 Å². The summed E-state index contributed by atoms with van der Waals surface area (Å²) in [5, 5.41) is 4.69. The first-order valence-electron chi connectivity index (χ1n) is 13.6. The van der Waals surface area contributed by atoms with Crippen LogP contribution in [0.5, 0.6) is 0 Å². The molecule has 4 rings (SSSR count). The highest BCUT2D eigenvalue weighted by molar-refractivity contribution is 7.89. The number of rotatable bonds is 7. The number of hydrazone groups is 1. The molecule has 4 atom stereocenters. The van der Waals surface area contributed by atoms with Crippen LogP contribution in [-0.2, 0) is 19.5 Å². The molecule has 7 nitrogen and oxygen atoms in total. The second-order valence-electron chi connectivity index (χ2n) is 11.7. The highest BCUT2D eigenvalue weighted by Gasteiger charge is 2.46. The first kappa shape index (κ1) is 26.4. The summed E-state index contributed by atoms with van der Waals surface area (Å²) in [5.74, 6) is 1.30. The molecule has 0 saturated heterocycles. The first-order valence-corrected chi connectivity index (χ1v) is 15.1. The Morgan fingerprint density at radius 2 is 1.53 bits per heavy atom. The fraction of sp³-hybridized carbons (Fsp3) is 0.962. The summed E-state index contributed by atoms with van der Waals surface area (Å²) in [6.45, 7) is 2.24. The lowest BCUT2D eigenvalue weighted by molar-refractivity contribution is -0.0639. The number of methoxy groups -OCH3 is 2. The molecular formula is C26H47N3O4S. The van der Waals surface area contributed by atoms with E-state index in [2.05, 4.69) is 25.9 Å². The van der Waals surface area contributed by atoms with Crippen molar-refractivity contribution in [3.8, 4) is 0 Å². The molecule has 0 aromatic carbocycles. The number of nitrogens with zero attached hydrogens (tertiary/aromatic N) is 3. The molecule has 0 N–H and O–H groups in total. The minimum Gasteiger partial charge on any atom is -0.379 e. The van der Waals surface area contributed by atoms with Crippen molar-refractivity contribution in [1.82, 2.24) is 9.31 Å². The highest BCUT2D eigenvalue weighted by Crippen LogP contribution is 2.42. The van der Waals surface area contributed by atoms with Gasteiger partial charge >= 0.3 is 0 Å². The van der Waals surface area contributed by atoms with Crippen molar-refractivity contribution < 1.29 is 17.9 Å². The lowest BCUT2D eigenvalue weighted by Crippen LogP contribution is -2.45. The van der Waals surface area contributed by atoms with Crippen molar-refractivity contribution in [3.63, 3.8) is 0 Å². The van der Waals surface area contributed by atoms with Gasteiger partial charge in [0, 0.05) is 38.3 Å². The van der Waals surface area contributed by atoms with Crippen LogP contribution >= 0.6 is 0 Å². The summed E-state index contributed by atoms with van der Waals surface area (Å²) in [6, 6.07) is 0.596. The summed E-state index contributed by atoms with van der Waals surface area (Å²) in [4.78, 5) is 2.32. The van der Waals surface area contributed by atoms with E-state index >= 15 is 0 Å². The molecule has 0 bridgehead atoms. The van der Waals surface area contributed by atoms with Crippen LogP contribution in [0.25, 0.3) is 0 Å². The predicted octanol–water partition coefficient (Wildman–Crippen LogP) is 4.28. The largest absolute Gasteiger partial charge is 0.379 e. The third kappa shape index (κ3) is 5.50. The second-order valence-corrected chi connectivity index (χ2v) is 13.7. The van der Waals surface area contributed by atoms with Crippen LogP contribution in [0.2, 0.25) is 0 Å². The summed E-state index contributed by atoms with van der Waals surface area (Å²) < 4.78 is 40.9. The molecule has 3 aliphatic carbocycles. The van der Waals surface area contributed by atoms with Crippen molar-refractivity contribution in [2.24, 2.45) is 22.9 Å². The van der Waals surface area contributed by atoms with Crippen molar-refractivity contribution in [3.05, 3.63) is 0 Å². The number of hydrogen-bond acceptors (Lipinski definition) is 6. The Hall–Kier alpha value is -0.700. The molecule has 1 heterocycles. The quantitative estimate of drug-likeness (QED) is 0.525. The van der Waals surface area contributed by atoms with E-state index in [4.69, 9.17) is 14.6 Å². The summed E-state index contributed by atoms with van der Waals surface area (Å²) in [7, 11) is 4.38. The zero-order valence-corrected chi connectivity index (χ0v) is 22.8. The lowest BCUT2D eigenvalue weighted by atomic mass is 9.77. The van der Waals surface area contributed by atoms with Gasteiger partial charge in [-0.25, -0.2) is 8.42 Å². The van der Waals surface area contributed by atoms with Crippen molar-refractivity contribution >= 4 is 15.7 Å². The van der Waals surface area contributed by atoms with Crippen LogP contribution in [0.1, 0.15) is 84.0 Å². The van der Waals surface area contributed by atoms with Crippen LogP contribution < -0.4 is 0 Å². The lowest BCUT2D eigenvalue weighted by Gasteiger charge is -2.39. The van der Waals surface area contributed by atoms with Gasteiger partial charge in [0.25, 0.3) is 10.0 Å². The van der Waals surface area contributed by atoms with Crippen molar-refractivity contribution in [1.29, 1.82) is 0 Å². The van der Waals surface area contributed by atoms with Gasteiger partial charge < -0.3 is 14.4 Å². The van der Waals surface area contributed by atoms with Crippen LogP contribution in [-0.4, -0.2) is 81.3 Å². The smallest absolute Gasteiger partial charge is 0.252 e. The Morgan fingerprint density at radius 1 is 0.882 bits per heavy atom. The Labute approximate surface area is 207 Å². The average Bonchev–Trinajstić information content (AvgIpc) is 3.30. The van der Waals surface area contributed by atoms with Gasteiger partial charge in [0.05, 0.1) is 23.5 Å². The Bertz CT molecular complexity index is 801. The van der Waals surface area contributed by atoms with E-state index in [1.54, 1.807) is 18.6 Å². The van der Waals surface area contributed by atoms with Gasteiger partial charge in [-0.2, -0.15) is 9.52 Å². The van der Waals surface area contributed by atoms with Gasteiger partial charge in [-0.05, 0) is 96.6 Å². The van der Waals surface area contributed by atoms with Gasteiger partial charge in [0.2, 0.25) is 0 Å². The monoisotopic (exact) mass is 497 g/mol. The second kappa shape index (κ2) is 11.1. The molecule has 196 valence electrons. The molecule has 0 amide bonds. The molecule has 0 aromatic heterocycles. The third-order valence-corrected chi connectivity index (χ3v) is 11.6. The molecule has 4 aliphatic rings. The number of ether oxygens (including phenoxy) is 2. The molecule has 3 fully saturated rings. The Kier molecular flexibility index (Phi) is 8.64. The fourth-order valence-electron chi connectivity index (χ4n) is 6.98. The van der Waals surface area contributed by atoms with Gasteiger partial charge in [0.15, 0.2) is 0 Å². The SMILES string of the molecule is COC1CCC(C2=NN(S(=O)(=O)C3CCC(C)CC3)C(C3CCC(N(C)C)CC3)C2)CC1OC. The van der Waals surface area contributed by atoms with Crippen molar-refractivity contribution in [2.45, 2.75) is 114 Å². The normalized spacial score (nSPS) is 39.9. The molecule has 0 radical (unpaired) electrons. The third-order valence-electron chi connectivity index (χ3n) is 9.40. The molecule has 1 aliphatic heterocycles. The summed E-state index contributed by atoms with van der Waals surface area (Å²) in [5.41, 5.74) is 1.09. The van der Waals surface area contributed by atoms with Gasteiger partial charge in [-0.3, -0.25) is 0 Å². The van der Waals surface area contributed by atoms with Crippen LogP contribution in [0, 0.1) is 17.8 Å². The van der Waals surface area contributed by atoms with E-state index in [0.717, 1.165) is 82.8 Å². The molecule has 3 saturated carbocycles. The molecule has 8 heteroatoms. The first-order chi connectivity index (χ1) is 16.2. The van der Waals surface area contributed by atoms with Gasteiger partial charge in [-0.15, -0.1) is 0 Å². The molecule has 4 unspecified atom stereocenters. The van der Waals surface area contributed by atoms with Gasteiger partial charge in [-0.1, -0.05) is 6.92 Å². The standard InChI is InChI=1S/C26H47N3O4S/c1-18-6-13-22(14-7-18)34(30,31)29-24(19-8-11-21(12-9-19)28(2)3)17-23(27-29)20-10-15-25(32-4)26(16-20)33-5/h18-22,24-26H,6-17H2,1-5H3. The van der Waals surface area contributed by atoms with E-state index in [9.17, 15) is 8.42 Å². The molecule has 34 heavy (non-hydrogen) atoms. The van der Waals surface area contributed by atoms with E-state index in [0.29, 0.717) is 17.9 Å². The minimum absolute atomic E-state index is 0.0106. The van der Waals surface area contributed by atoms with E-state index in [-0.39, 0.29) is 29.4 Å². The fourth-order valence-corrected chi connectivity index (χ4v) is 9.00. The van der Waals surface area contributed by atoms with E-state index in [1.807, 2.05) is 0 Å². The number of hydrogen-bond donors (Lipinski definition) is 0. The van der Waals surface area contributed by atoms with Crippen molar-refractivity contribution in [2.75, 3.05) is 28.3 Å². The maximum Gasteiger partial charge on any atom is 0.252 e. The molecule has 0 spiro atoms. The van der Waals surface area contributed by atoms with Crippen LogP contribution in [0.4, 0.5) is 0 Å². The van der Waals surface area contributed by atoms with Crippen LogP contribution in [0.3, 0.4) is 0 Å². The zero-order chi connectivity index (χ0) is 24.5. The zero-order valence-electron chi connectivity index (χ0n) is 22.0. The molecular weight excluding hydrogens is 450 g/mol. The van der Waals surface area contributed by atoms with Crippen LogP contribution in [0.15, 0.2) is 5.10 Å². The maximum absolute atomic E-state index is 13.9. The topological polar surface area (TPSA) is 71.4 Å². The Balaban J connectivity index is 1.54. The average molecular weight is 498 g/mol.